The van der Waals surface area contributed by atoms with E-state index < -0.39 is 95.9 Å². The van der Waals surface area contributed by atoms with Crippen molar-refractivity contribution in [3.8, 4) is 0 Å². The highest BCUT2D eigenvalue weighted by Crippen LogP contribution is 2.36. The van der Waals surface area contributed by atoms with Crippen molar-refractivity contribution in [3.05, 3.63) is 44.9 Å². The lowest BCUT2D eigenvalue weighted by molar-refractivity contribution is -0.241. The molecule has 9 N–H and O–H groups in total. The highest BCUT2D eigenvalue weighted by atomic mass is 16.7. The molecule has 19 nitrogen and oxygen atoms in total. The summed E-state index contributed by atoms with van der Waals surface area (Å²) in [6.45, 7) is 2.41. The number of ether oxygens (including phenoxy) is 5. The summed E-state index contributed by atoms with van der Waals surface area (Å²) in [4.78, 5) is 78.3. The fourth-order valence-electron chi connectivity index (χ4n) is 6.19. The van der Waals surface area contributed by atoms with Crippen LogP contribution in [0.4, 0.5) is 0 Å². The van der Waals surface area contributed by atoms with Crippen molar-refractivity contribution in [1.29, 1.82) is 0 Å². The van der Waals surface area contributed by atoms with Crippen LogP contribution in [0.3, 0.4) is 0 Å². The third-order valence-corrected chi connectivity index (χ3v) is 8.89. The van der Waals surface area contributed by atoms with Crippen LogP contribution in [-0.2, 0) is 42.9 Å². The molecule has 0 aromatic carbocycles. The van der Waals surface area contributed by atoms with E-state index in [0.29, 0.717) is 32.2 Å². The number of H-pyrrole nitrogens is 1. The smallest absolute Gasteiger partial charge is 0.330 e. The molecule has 0 aliphatic carbocycles. The van der Waals surface area contributed by atoms with Crippen molar-refractivity contribution < 1.29 is 53.1 Å². The number of carbonyl (C=O) groups is 4. The van der Waals surface area contributed by atoms with Crippen molar-refractivity contribution in [2.24, 2.45) is 11.5 Å². The molecule has 3 amide bonds. The lowest BCUT2D eigenvalue weighted by Gasteiger charge is -2.35. The van der Waals surface area contributed by atoms with Crippen molar-refractivity contribution in [3.63, 3.8) is 0 Å². The highest BCUT2D eigenvalue weighted by Gasteiger charge is 2.54. The fourth-order valence-corrected chi connectivity index (χ4v) is 6.19. The van der Waals surface area contributed by atoms with E-state index in [2.05, 4.69) is 15.6 Å². The molecule has 0 radical (unpaired) electrons. The summed E-state index contributed by atoms with van der Waals surface area (Å²) in [5, 5.41) is 26.7. The molecule has 4 heterocycles. The quantitative estimate of drug-likeness (QED) is 0.0696. The summed E-state index contributed by atoms with van der Waals surface area (Å²) in [6, 6.07) is 0.0570. The number of aliphatic hydroxyl groups excluding tert-OH is 2. The molecule has 19 heteroatoms. The van der Waals surface area contributed by atoms with Crippen molar-refractivity contribution in [2.45, 2.75) is 126 Å². The molecule has 2 saturated heterocycles. The number of hydrogen-bond donors (Lipinski definition) is 7. The zero-order valence-electron chi connectivity index (χ0n) is 28.6. The third kappa shape index (κ3) is 10.2. The van der Waals surface area contributed by atoms with E-state index in [0.717, 1.165) is 48.6 Å². The Bertz CT molecular complexity index is 1530. The molecule has 0 spiro atoms. The van der Waals surface area contributed by atoms with Gasteiger partial charge in [0, 0.05) is 31.8 Å². The van der Waals surface area contributed by atoms with Gasteiger partial charge in [-0.1, -0.05) is 19.3 Å². The van der Waals surface area contributed by atoms with E-state index in [1.807, 2.05) is 6.92 Å². The van der Waals surface area contributed by atoms with E-state index in [1.54, 1.807) is 0 Å². The van der Waals surface area contributed by atoms with Gasteiger partial charge in [-0.2, -0.15) is 0 Å². The predicted molar refractivity (Wildman–Crippen MR) is 175 cm³/mol. The molecule has 0 saturated carbocycles. The summed E-state index contributed by atoms with van der Waals surface area (Å²) in [7, 11) is 1.22. The minimum atomic E-state index is -1.89. The zero-order valence-corrected chi connectivity index (χ0v) is 28.6. The number of methoxy groups -OCH3 is 1. The largest absolute Gasteiger partial charge is 0.456 e. The Labute approximate surface area is 292 Å². The van der Waals surface area contributed by atoms with Gasteiger partial charge in [-0.15, -0.1) is 0 Å². The average Bonchev–Trinajstić information content (AvgIpc) is 3.33. The standard InChI is InChI=1S/C32H48N6O13/c1-16-9-8-10-17(28(44)35-16)36-29(45)19-15-18(39)22(42)31(48-19)51-25(27(34)43)24-23(47-2)26(49-21(41)11-6-4-3-5-7-13-33)30(50-24)38-14-12-20(40)37-32(38)46/h12,14-18,22-26,30-31,39,42H,3-11,13,33H2,1-2H3,(H2,34,43)(H,35,44)(H,36,45)(H,37,40,46)/t16-,17?,18-,22-,23+,24-,25-,26+,30+,31+/m0/s1. The maximum atomic E-state index is 13.1. The number of hydrogen-bond acceptors (Lipinski definition) is 14. The second kappa shape index (κ2) is 18.4. The number of aliphatic hydroxyl groups is 2. The van der Waals surface area contributed by atoms with Crippen LogP contribution in [0.5, 0.6) is 0 Å². The van der Waals surface area contributed by atoms with Gasteiger partial charge < -0.3 is 56.0 Å². The van der Waals surface area contributed by atoms with Gasteiger partial charge in [-0.25, -0.2) is 4.79 Å². The summed E-state index contributed by atoms with van der Waals surface area (Å²) < 4.78 is 29.7. The van der Waals surface area contributed by atoms with Gasteiger partial charge in [0.1, 0.15) is 30.5 Å². The van der Waals surface area contributed by atoms with Crippen molar-refractivity contribution >= 4 is 23.7 Å². The second-order valence-corrected chi connectivity index (χ2v) is 12.8. The number of carbonyl (C=O) groups excluding carboxylic acids is 4. The van der Waals surface area contributed by atoms with Crippen LogP contribution in [0.2, 0.25) is 0 Å². The molecular weight excluding hydrogens is 676 g/mol. The number of nitrogens with one attached hydrogen (secondary N) is 3. The van der Waals surface area contributed by atoms with Crippen LogP contribution in [0.25, 0.3) is 0 Å². The van der Waals surface area contributed by atoms with Gasteiger partial charge >= 0.3 is 11.7 Å². The topological polar surface area (TPSA) is 286 Å². The number of primary amides is 1. The molecule has 2 fully saturated rings. The second-order valence-electron chi connectivity index (χ2n) is 12.8. The Morgan fingerprint density at radius 1 is 1.10 bits per heavy atom. The molecule has 1 aromatic heterocycles. The van der Waals surface area contributed by atoms with Gasteiger partial charge in [-0.05, 0) is 51.6 Å². The summed E-state index contributed by atoms with van der Waals surface area (Å²) in [5.74, 6) is -3.63. The van der Waals surface area contributed by atoms with E-state index in [9.17, 15) is 39.0 Å². The van der Waals surface area contributed by atoms with Gasteiger partial charge in [-0.3, -0.25) is 33.5 Å². The lowest BCUT2D eigenvalue weighted by atomic mass is 10.0. The van der Waals surface area contributed by atoms with Gasteiger partial charge in [0.05, 0.1) is 0 Å². The normalized spacial score (nSPS) is 29.9. The van der Waals surface area contributed by atoms with Crippen LogP contribution in [0, 0.1) is 0 Å². The first-order valence-electron chi connectivity index (χ1n) is 17.0. The Morgan fingerprint density at radius 3 is 2.51 bits per heavy atom. The van der Waals surface area contributed by atoms with Gasteiger partial charge in [0.15, 0.2) is 24.2 Å². The molecule has 10 atom stereocenters. The first-order valence-corrected chi connectivity index (χ1v) is 17.0. The maximum absolute atomic E-state index is 13.1. The summed E-state index contributed by atoms with van der Waals surface area (Å²) in [6.07, 6.45) is -5.35. The molecule has 3 aliphatic rings. The van der Waals surface area contributed by atoms with Gasteiger partial charge in [0.2, 0.25) is 18.1 Å². The minimum absolute atomic E-state index is 0.0158. The number of aromatic nitrogens is 2. The van der Waals surface area contributed by atoms with Crippen LogP contribution >= 0.6 is 0 Å². The molecule has 1 unspecified atom stereocenters. The monoisotopic (exact) mass is 724 g/mol. The van der Waals surface area contributed by atoms with Crippen LogP contribution in [0.15, 0.2) is 33.7 Å². The molecule has 284 valence electrons. The number of nitrogens with two attached hydrogens (primary N) is 2. The average molecular weight is 725 g/mol. The van der Waals surface area contributed by atoms with E-state index in [1.165, 1.54) is 7.11 Å². The van der Waals surface area contributed by atoms with E-state index in [-0.39, 0.29) is 12.5 Å². The number of esters is 1. The molecule has 3 aliphatic heterocycles. The Kier molecular flexibility index (Phi) is 14.3. The summed E-state index contributed by atoms with van der Waals surface area (Å²) in [5.41, 5.74) is 9.61. The van der Waals surface area contributed by atoms with Crippen LogP contribution in [-0.4, -0.2) is 112 Å². The van der Waals surface area contributed by atoms with Crippen molar-refractivity contribution in [1.82, 2.24) is 20.2 Å². The number of rotatable bonds is 16. The number of amides is 3. The fraction of sp³-hybridized carbons (Fsp3) is 0.688. The molecule has 1 aromatic rings. The third-order valence-electron chi connectivity index (χ3n) is 8.89. The number of unbranched alkanes of at least 4 members (excludes halogenated alkanes) is 4. The Balaban J connectivity index is 1.54. The summed E-state index contributed by atoms with van der Waals surface area (Å²) >= 11 is 0. The number of aromatic amines is 1. The zero-order chi connectivity index (χ0) is 37.2. The highest BCUT2D eigenvalue weighted by molar-refractivity contribution is 5.95. The molecule has 4 rings (SSSR count). The minimum Gasteiger partial charge on any atom is -0.456 e. The SMILES string of the molecule is CO[C@H]1[C@@H](OC(=O)CCCCCCCN)[C@H](n2ccc(=O)[nH]c2=O)O[C@@H]1[C@H](O[C@H]1OC(C(=O)NC2CCC[C@H](C)NC2=O)=C[C@H](O)[C@@H]1O)C(N)=O. The molecular formula is C32H48N6O13. The molecule has 0 bridgehead atoms. The van der Waals surface area contributed by atoms with Gasteiger partial charge in [0.25, 0.3) is 11.5 Å². The Hall–Kier alpha value is -4.14. The van der Waals surface area contributed by atoms with Crippen LogP contribution in [0.1, 0.15) is 70.9 Å². The number of nitrogens with zero attached hydrogens (tertiary/aromatic N) is 1. The van der Waals surface area contributed by atoms with Crippen LogP contribution < -0.4 is 33.3 Å². The first-order chi connectivity index (χ1) is 24.3. The van der Waals surface area contributed by atoms with E-state index in [4.69, 9.17) is 35.2 Å². The Morgan fingerprint density at radius 2 is 1.82 bits per heavy atom. The van der Waals surface area contributed by atoms with Crippen molar-refractivity contribution in [2.75, 3.05) is 13.7 Å². The molecule has 51 heavy (non-hydrogen) atoms. The predicted octanol–water partition coefficient (Wildman–Crippen LogP) is -2.33. The van der Waals surface area contributed by atoms with E-state index >= 15 is 0 Å². The lowest BCUT2D eigenvalue weighted by Crippen LogP contribution is -2.54. The maximum Gasteiger partial charge on any atom is 0.330 e. The first kappa shape index (κ1) is 39.6.